The molecule has 3 aromatic rings. The number of amides is 1. The number of aryl methyl sites for hydroxylation is 2. The number of phenolic OH excluding ortho intramolecular Hbond substituents is 1. The molecular formula is C18H17N3O3S. The minimum atomic E-state index is -0.157. The Hall–Kier alpha value is -2.80. The van der Waals surface area contributed by atoms with Gasteiger partial charge in [0.05, 0.1) is 11.3 Å². The average Bonchev–Trinajstić information content (AvgIpc) is 3.05. The molecule has 1 amide bonds. The van der Waals surface area contributed by atoms with Gasteiger partial charge in [-0.15, -0.1) is 10.2 Å². The molecule has 0 aliphatic heterocycles. The van der Waals surface area contributed by atoms with E-state index in [0.717, 1.165) is 23.0 Å². The van der Waals surface area contributed by atoms with E-state index in [4.69, 9.17) is 4.42 Å². The van der Waals surface area contributed by atoms with Crippen molar-refractivity contribution >= 4 is 23.4 Å². The summed E-state index contributed by atoms with van der Waals surface area (Å²) in [6.07, 6.45) is 0. The molecule has 0 atom stereocenters. The van der Waals surface area contributed by atoms with E-state index >= 15 is 0 Å². The van der Waals surface area contributed by atoms with Crippen LogP contribution in [0.15, 0.2) is 52.1 Å². The van der Waals surface area contributed by atoms with Crippen LogP contribution in [0, 0.1) is 13.8 Å². The molecule has 2 N–H and O–H groups in total. The first-order valence-electron chi connectivity index (χ1n) is 7.64. The monoisotopic (exact) mass is 355 g/mol. The van der Waals surface area contributed by atoms with Crippen molar-refractivity contribution in [2.75, 3.05) is 11.1 Å². The Morgan fingerprint density at radius 2 is 1.96 bits per heavy atom. The molecule has 1 heterocycles. The van der Waals surface area contributed by atoms with Crippen LogP contribution in [-0.2, 0) is 4.79 Å². The second-order valence-electron chi connectivity index (χ2n) is 5.53. The quantitative estimate of drug-likeness (QED) is 0.677. The van der Waals surface area contributed by atoms with Gasteiger partial charge in [0.15, 0.2) is 0 Å². The largest absolute Gasteiger partial charge is 0.507 e. The van der Waals surface area contributed by atoms with Gasteiger partial charge in [-0.25, -0.2) is 0 Å². The Morgan fingerprint density at radius 1 is 1.16 bits per heavy atom. The molecule has 3 rings (SSSR count). The van der Waals surface area contributed by atoms with Crippen molar-refractivity contribution in [1.29, 1.82) is 0 Å². The van der Waals surface area contributed by atoms with E-state index in [1.807, 2.05) is 32.0 Å². The van der Waals surface area contributed by atoms with Gasteiger partial charge in [-0.1, -0.05) is 30.0 Å². The number of para-hydroxylation sites is 1. The summed E-state index contributed by atoms with van der Waals surface area (Å²) < 4.78 is 5.49. The number of carbonyl (C=O) groups excluding carboxylic acids is 1. The fourth-order valence-corrected chi connectivity index (χ4v) is 2.74. The highest BCUT2D eigenvalue weighted by atomic mass is 32.2. The van der Waals surface area contributed by atoms with E-state index < -0.39 is 0 Å². The molecule has 25 heavy (non-hydrogen) atoms. The van der Waals surface area contributed by atoms with E-state index in [1.165, 1.54) is 5.56 Å². The first-order valence-corrected chi connectivity index (χ1v) is 8.63. The van der Waals surface area contributed by atoms with Gasteiger partial charge in [0.25, 0.3) is 11.1 Å². The first-order chi connectivity index (χ1) is 12.0. The maximum atomic E-state index is 12.1. The molecule has 0 spiro atoms. The lowest BCUT2D eigenvalue weighted by molar-refractivity contribution is -0.113. The summed E-state index contributed by atoms with van der Waals surface area (Å²) in [5.41, 5.74) is 3.51. The average molecular weight is 355 g/mol. The Labute approximate surface area is 149 Å². The number of nitrogens with one attached hydrogen (secondary N) is 1. The Morgan fingerprint density at radius 3 is 2.72 bits per heavy atom. The first kappa shape index (κ1) is 17.0. The van der Waals surface area contributed by atoms with Crippen LogP contribution in [-0.4, -0.2) is 27.0 Å². The van der Waals surface area contributed by atoms with E-state index in [-0.39, 0.29) is 28.5 Å². The standard InChI is InChI=1S/C18H17N3O3S/c1-11-7-8-13(9-12(11)2)19-16(23)10-25-18-21-20-17(24-18)14-5-3-4-6-15(14)22/h3-9,22H,10H2,1-2H3,(H,19,23). The highest BCUT2D eigenvalue weighted by molar-refractivity contribution is 7.99. The minimum Gasteiger partial charge on any atom is -0.507 e. The van der Waals surface area contributed by atoms with Gasteiger partial charge in [-0.2, -0.15) is 0 Å². The highest BCUT2D eigenvalue weighted by Gasteiger charge is 2.13. The molecule has 0 fully saturated rings. The van der Waals surface area contributed by atoms with Crippen LogP contribution in [0.25, 0.3) is 11.5 Å². The summed E-state index contributed by atoms with van der Waals surface area (Å²) in [6, 6.07) is 12.5. The third-order valence-electron chi connectivity index (χ3n) is 3.66. The lowest BCUT2D eigenvalue weighted by atomic mass is 10.1. The zero-order valence-corrected chi connectivity index (χ0v) is 14.6. The fraction of sp³-hybridized carbons (Fsp3) is 0.167. The number of hydrogen-bond donors (Lipinski definition) is 2. The summed E-state index contributed by atoms with van der Waals surface area (Å²) in [4.78, 5) is 12.1. The maximum Gasteiger partial charge on any atom is 0.277 e. The van der Waals surface area contributed by atoms with Gasteiger partial charge in [0.2, 0.25) is 5.91 Å². The minimum absolute atomic E-state index is 0.0650. The van der Waals surface area contributed by atoms with Crippen LogP contribution >= 0.6 is 11.8 Å². The van der Waals surface area contributed by atoms with Gasteiger partial charge < -0.3 is 14.8 Å². The SMILES string of the molecule is Cc1ccc(NC(=O)CSc2nnc(-c3ccccc3O)o2)cc1C. The predicted octanol–water partition coefficient (Wildman–Crippen LogP) is 3.79. The van der Waals surface area contributed by atoms with Crippen molar-refractivity contribution in [1.82, 2.24) is 10.2 Å². The van der Waals surface area contributed by atoms with Crippen LogP contribution in [0.1, 0.15) is 11.1 Å². The summed E-state index contributed by atoms with van der Waals surface area (Å²) in [6.45, 7) is 4.02. The van der Waals surface area contributed by atoms with Crippen molar-refractivity contribution in [2.45, 2.75) is 19.1 Å². The number of hydrogen-bond acceptors (Lipinski definition) is 6. The molecule has 2 aromatic carbocycles. The third kappa shape index (κ3) is 4.19. The number of phenols is 1. The molecule has 0 unspecified atom stereocenters. The maximum absolute atomic E-state index is 12.1. The topological polar surface area (TPSA) is 88.2 Å². The van der Waals surface area contributed by atoms with E-state index in [2.05, 4.69) is 15.5 Å². The van der Waals surface area contributed by atoms with Crippen molar-refractivity contribution in [3.8, 4) is 17.2 Å². The molecule has 0 aliphatic carbocycles. The lowest BCUT2D eigenvalue weighted by Crippen LogP contribution is -2.14. The number of thioether (sulfide) groups is 1. The van der Waals surface area contributed by atoms with Crippen molar-refractivity contribution < 1.29 is 14.3 Å². The predicted molar refractivity (Wildman–Crippen MR) is 96.7 cm³/mol. The second kappa shape index (κ2) is 7.40. The number of benzene rings is 2. The Bertz CT molecular complexity index is 908. The summed E-state index contributed by atoms with van der Waals surface area (Å²) in [5, 5.41) is 20.7. The zero-order chi connectivity index (χ0) is 17.8. The van der Waals surface area contributed by atoms with Crippen molar-refractivity contribution in [3.05, 3.63) is 53.6 Å². The molecular weight excluding hydrogens is 338 g/mol. The van der Waals surface area contributed by atoms with Crippen LogP contribution in [0.2, 0.25) is 0 Å². The number of nitrogens with zero attached hydrogens (tertiary/aromatic N) is 2. The molecule has 0 saturated heterocycles. The van der Waals surface area contributed by atoms with Crippen molar-refractivity contribution in [3.63, 3.8) is 0 Å². The van der Waals surface area contributed by atoms with Gasteiger partial charge in [-0.05, 0) is 49.2 Å². The normalized spacial score (nSPS) is 10.6. The molecule has 0 aliphatic rings. The van der Waals surface area contributed by atoms with Crippen molar-refractivity contribution in [2.24, 2.45) is 0 Å². The number of aromatic nitrogens is 2. The smallest absolute Gasteiger partial charge is 0.277 e. The lowest BCUT2D eigenvalue weighted by Gasteiger charge is -2.06. The molecule has 0 saturated carbocycles. The van der Waals surface area contributed by atoms with Gasteiger partial charge in [-0.3, -0.25) is 4.79 Å². The van der Waals surface area contributed by atoms with E-state index in [1.54, 1.807) is 24.3 Å². The zero-order valence-electron chi connectivity index (χ0n) is 13.8. The molecule has 7 heteroatoms. The van der Waals surface area contributed by atoms with E-state index in [0.29, 0.717) is 5.56 Å². The fourth-order valence-electron chi connectivity index (χ4n) is 2.17. The van der Waals surface area contributed by atoms with Crippen LogP contribution in [0.4, 0.5) is 5.69 Å². The highest BCUT2D eigenvalue weighted by Crippen LogP contribution is 2.29. The summed E-state index contributed by atoms with van der Waals surface area (Å²) >= 11 is 1.14. The van der Waals surface area contributed by atoms with Crippen LogP contribution in [0.3, 0.4) is 0 Å². The number of anilines is 1. The third-order valence-corrected chi connectivity index (χ3v) is 4.48. The van der Waals surface area contributed by atoms with Gasteiger partial charge in [0, 0.05) is 5.69 Å². The van der Waals surface area contributed by atoms with E-state index in [9.17, 15) is 9.90 Å². The second-order valence-corrected chi connectivity index (χ2v) is 6.45. The van der Waals surface area contributed by atoms with Crippen LogP contribution < -0.4 is 5.32 Å². The molecule has 0 bridgehead atoms. The Balaban J connectivity index is 1.59. The van der Waals surface area contributed by atoms with Gasteiger partial charge >= 0.3 is 0 Å². The molecule has 6 nitrogen and oxygen atoms in total. The van der Waals surface area contributed by atoms with Crippen LogP contribution in [0.5, 0.6) is 5.75 Å². The molecule has 1 aromatic heterocycles. The number of carbonyl (C=O) groups is 1. The summed E-state index contributed by atoms with van der Waals surface area (Å²) in [5.74, 6) is 0.274. The van der Waals surface area contributed by atoms with Gasteiger partial charge in [0.1, 0.15) is 5.75 Å². The summed E-state index contributed by atoms with van der Waals surface area (Å²) in [7, 11) is 0. The number of rotatable bonds is 5. The molecule has 128 valence electrons. The Kier molecular flexibility index (Phi) is 5.04. The number of aromatic hydroxyl groups is 1. The molecule has 0 radical (unpaired) electrons.